The Morgan fingerprint density at radius 3 is 2.56 bits per heavy atom. The first-order valence-corrected chi connectivity index (χ1v) is 6.17. The van der Waals surface area contributed by atoms with Gasteiger partial charge < -0.3 is 4.74 Å². The molecule has 4 nitrogen and oxygen atoms in total. The van der Waals surface area contributed by atoms with E-state index in [-0.39, 0.29) is 11.9 Å². The molecule has 0 heterocycles. The Balaban J connectivity index is 1.99. The normalized spacial score (nSPS) is 23.3. The lowest BCUT2D eigenvalue weighted by molar-refractivity contribution is -0.173. The van der Waals surface area contributed by atoms with Gasteiger partial charge in [0.25, 0.3) is 0 Å². The van der Waals surface area contributed by atoms with Gasteiger partial charge in [-0.2, -0.15) is 0 Å². The molecule has 3 atom stereocenters. The van der Waals surface area contributed by atoms with Crippen LogP contribution in [0.1, 0.15) is 31.7 Å². The van der Waals surface area contributed by atoms with Gasteiger partial charge in [-0.1, -0.05) is 12.1 Å². The van der Waals surface area contributed by atoms with Crippen LogP contribution in [0.15, 0.2) is 24.3 Å². The van der Waals surface area contributed by atoms with E-state index in [1.807, 2.05) is 31.2 Å². The first-order valence-electron chi connectivity index (χ1n) is 6.17. The van der Waals surface area contributed by atoms with Crippen molar-refractivity contribution in [1.82, 2.24) is 5.06 Å². The molecule has 98 valence electrons. The summed E-state index contributed by atoms with van der Waals surface area (Å²) >= 11 is 0. The van der Waals surface area contributed by atoms with Crippen LogP contribution in [0.5, 0.6) is 5.75 Å². The zero-order valence-corrected chi connectivity index (χ0v) is 11.0. The molecule has 1 aliphatic rings. The molecule has 0 radical (unpaired) electrons. The summed E-state index contributed by atoms with van der Waals surface area (Å²) in [5, 5.41) is 10.5. The van der Waals surface area contributed by atoms with Crippen molar-refractivity contribution < 1.29 is 14.7 Å². The predicted octanol–water partition coefficient (Wildman–Crippen LogP) is 2.42. The van der Waals surface area contributed by atoms with Gasteiger partial charge in [-0.05, 0) is 42.9 Å². The zero-order valence-electron chi connectivity index (χ0n) is 11.0. The third kappa shape index (κ3) is 2.48. The van der Waals surface area contributed by atoms with E-state index in [2.05, 4.69) is 0 Å². The number of amides is 1. The first-order chi connectivity index (χ1) is 8.54. The van der Waals surface area contributed by atoms with Gasteiger partial charge in [0.15, 0.2) is 0 Å². The smallest absolute Gasteiger partial charge is 0.243 e. The Kier molecular flexibility index (Phi) is 3.57. The lowest BCUT2D eigenvalue weighted by atomic mass is 10.1. The number of carbonyl (C=O) groups is 1. The molecule has 1 amide bonds. The topological polar surface area (TPSA) is 49.8 Å². The summed E-state index contributed by atoms with van der Waals surface area (Å²) in [4.78, 5) is 11.1. The minimum Gasteiger partial charge on any atom is -0.497 e. The van der Waals surface area contributed by atoms with E-state index >= 15 is 0 Å². The Morgan fingerprint density at radius 1 is 1.44 bits per heavy atom. The molecule has 3 unspecified atom stereocenters. The quantitative estimate of drug-likeness (QED) is 0.658. The van der Waals surface area contributed by atoms with Crippen LogP contribution in [-0.4, -0.2) is 29.3 Å². The highest BCUT2D eigenvalue weighted by molar-refractivity contribution is 5.72. The summed E-state index contributed by atoms with van der Waals surface area (Å²) in [6, 6.07) is 7.85. The number of nitrogens with zero attached hydrogens (tertiary/aromatic N) is 1. The van der Waals surface area contributed by atoms with Crippen LogP contribution in [0, 0.1) is 5.92 Å². The molecule has 1 aromatic rings. The van der Waals surface area contributed by atoms with Gasteiger partial charge >= 0.3 is 0 Å². The summed E-state index contributed by atoms with van der Waals surface area (Å²) < 4.78 is 5.12. The number of ether oxygens (including phenoxy) is 1. The average Bonchev–Trinajstić information content (AvgIpc) is 3.17. The van der Waals surface area contributed by atoms with Crippen LogP contribution in [0.3, 0.4) is 0 Å². The molecule has 18 heavy (non-hydrogen) atoms. The number of hydrogen-bond acceptors (Lipinski definition) is 3. The van der Waals surface area contributed by atoms with E-state index in [1.165, 1.54) is 12.5 Å². The third-order valence-corrected chi connectivity index (χ3v) is 3.71. The van der Waals surface area contributed by atoms with Crippen LogP contribution in [0.2, 0.25) is 0 Å². The van der Waals surface area contributed by atoms with Gasteiger partial charge in [0.05, 0.1) is 13.2 Å². The number of hydroxylamine groups is 2. The first kappa shape index (κ1) is 12.9. The van der Waals surface area contributed by atoms with Gasteiger partial charge in [0.2, 0.25) is 5.91 Å². The number of benzene rings is 1. The van der Waals surface area contributed by atoms with Gasteiger partial charge in [0.1, 0.15) is 5.75 Å². The van der Waals surface area contributed by atoms with E-state index in [4.69, 9.17) is 4.74 Å². The van der Waals surface area contributed by atoms with Crippen molar-refractivity contribution in [2.75, 3.05) is 7.11 Å². The molecule has 2 rings (SSSR count). The molecule has 1 aliphatic carbocycles. The SMILES string of the molecule is COc1ccc(C2CC2C(C)N(O)C(C)=O)cc1. The highest BCUT2D eigenvalue weighted by Crippen LogP contribution is 2.50. The number of rotatable bonds is 4. The molecule has 0 spiro atoms. The standard InChI is InChI=1S/C14H19NO3/c1-9(15(17)10(2)16)13-8-14(13)11-4-6-12(18-3)7-5-11/h4-7,9,13-14,17H,8H2,1-3H3. The molecule has 0 aromatic heterocycles. The molecule has 1 fully saturated rings. The number of hydrogen-bond donors (Lipinski definition) is 1. The molecule has 0 bridgehead atoms. The van der Waals surface area contributed by atoms with E-state index in [9.17, 15) is 10.0 Å². The van der Waals surface area contributed by atoms with Crippen molar-refractivity contribution >= 4 is 5.91 Å². The molecule has 1 aromatic carbocycles. The monoisotopic (exact) mass is 249 g/mol. The maximum absolute atomic E-state index is 11.1. The van der Waals surface area contributed by atoms with E-state index in [0.717, 1.165) is 17.2 Å². The lowest BCUT2D eigenvalue weighted by Crippen LogP contribution is -2.35. The molecule has 1 saturated carbocycles. The van der Waals surface area contributed by atoms with Crippen LogP contribution < -0.4 is 4.74 Å². The minimum absolute atomic E-state index is 0.130. The summed E-state index contributed by atoms with van der Waals surface area (Å²) in [5.41, 5.74) is 1.24. The fourth-order valence-corrected chi connectivity index (χ4v) is 2.45. The Hall–Kier alpha value is -1.55. The minimum atomic E-state index is -0.303. The molecule has 0 saturated heterocycles. The Labute approximate surface area is 107 Å². The van der Waals surface area contributed by atoms with Gasteiger partial charge in [0, 0.05) is 6.92 Å². The van der Waals surface area contributed by atoms with Crippen LogP contribution >= 0.6 is 0 Å². The zero-order chi connectivity index (χ0) is 13.3. The van der Waals surface area contributed by atoms with Crippen molar-refractivity contribution in [1.29, 1.82) is 0 Å². The number of carbonyl (C=O) groups excluding carboxylic acids is 1. The van der Waals surface area contributed by atoms with Crippen molar-refractivity contribution in [3.05, 3.63) is 29.8 Å². The predicted molar refractivity (Wildman–Crippen MR) is 67.6 cm³/mol. The second-order valence-corrected chi connectivity index (χ2v) is 4.88. The maximum Gasteiger partial charge on any atom is 0.243 e. The van der Waals surface area contributed by atoms with Gasteiger partial charge in [-0.15, -0.1) is 0 Å². The second kappa shape index (κ2) is 4.98. The highest BCUT2D eigenvalue weighted by Gasteiger charge is 2.44. The number of methoxy groups -OCH3 is 1. The molecule has 4 heteroatoms. The Morgan fingerprint density at radius 2 is 2.06 bits per heavy atom. The van der Waals surface area contributed by atoms with Crippen LogP contribution in [0.25, 0.3) is 0 Å². The molecule has 0 aliphatic heterocycles. The molecular weight excluding hydrogens is 230 g/mol. The second-order valence-electron chi connectivity index (χ2n) is 4.88. The van der Waals surface area contributed by atoms with Crippen molar-refractivity contribution in [3.8, 4) is 5.75 Å². The maximum atomic E-state index is 11.1. The van der Waals surface area contributed by atoms with Gasteiger partial charge in [-0.3, -0.25) is 10.0 Å². The highest BCUT2D eigenvalue weighted by atomic mass is 16.5. The largest absolute Gasteiger partial charge is 0.497 e. The molecular formula is C14H19NO3. The van der Waals surface area contributed by atoms with Crippen molar-refractivity contribution in [3.63, 3.8) is 0 Å². The molecule has 1 N–H and O–H groups in total. The van der Waals surface area contributed by atoms with E-state index in [1.54, 1.807) is 7.11 Å². The Bertz CT molecular complexity index is 429. The lowest BCUT2D eigenvalue weighted by Gasteiger charge is -2.21. The van der Waals surface area contributed by atoms with Crippen LogP contribution in [0.4, 0.5) is 0 Å². The third-order valence-electron chi connectivity index (χ3n) is 3.71. The van der Waals surface area contributed by atoms with E-state index in [0.29, 0.717) is 11.8 Å². The summed E-state index contributed by atoms with van der Waals surface area (Å²) in [6.07, 6.45) is 1.01. The average molecular weight is 249 g/mol. The summed E-state index contributed by atoms with van der Waals surface area (Å²) in [5.74, 6) is 1.31. The fraction of sp³-hybridized carbons (Fsp3) is 0.500. The van der Waals surface area contributed by atoms with Crippen molar-refractivity contribution in [2.45, 2.75) is 32.2 Å². The van der Waals surface area contributed by atoms with Crippen LogP contribution in [-0.2, 0) is 4.79 Å². The van der Waals surface area contributed by atoms with E-state index < -0.39 is 0 Å². The summed E-state index contributed by atoms with van der Waals surface area (Å²) in [7, 11) is 1.65. The fourth-order valence-electron chi connectivity index (χ4n) is 2.45. The van der Waals surface area contributed by atoms with Crippen molar-refractivity contribution in [2.24, 2.45) is 5.92 Å². The van der Waals surface area contributed by atoms with Gasteiger partial charge in [-0.25, -0.2) is 5.06 Å². The summed E-state index contributed by atoms with van der Waals surface area (Å²) in [6.45, 7) is 3.26.